The molecule has 3 fully saturated rings. The average Bonchev–Trinajstić information content (AvgIpc) is 3.25. The molecule has 1 aliphatic heterocycles. The Bertz CT molecular complexity index is 304. The molecule has 2 atom stereocenters. The number of hydrogen-bond donors (Lipinski definition) is 1. The third kappa shape index (κ3) is 4.10. The highest BCUT2D eigenvalue weighted by Crippen LogP contribution is 2.38. The van der Waals surface area contributed by atoms with Gasteiger partial charge >= 0.3 is 6.09 Å². The maximum Gasteiger partial charge on any atom is 0.407 e. The summed E-state index contributed by atoms with van der Waals surface area (Å²) in [5.74, 6) is 2.67. The van der Waals surface area contributed by atoms with Gasteiger partial charge in [0.15, 0.2) is 0 Å². The normalized spacial score (nSPS) is 32.1. The highest BCUT2D eigenvalue weighted by molar-refractivity contribution is 5.67. The van der Waals surface area contributed by atoms with Gasteiger partial charge in [0.2, 0.25) is 0 Å². The molecule has 0 spiro atoms. The van der Waals surface area contributed by atoms with Crippen molar-refractivity contribution in [1.29, 1.82) is 0 Å². The summed E-state index contributed by atoms with van der Waals surface area (Å²) in [4.78, 5) is 14.0. The molecule has 1 amide bonds. The van der Waals surface area contributed by atoms with Crippen LogP contribution in [0, 0.1) is 17.8 Å². The maximum absolute atomic E-state index is 11.4. The Labute approximate surface area is 115 Å². The zero-order chi connectivity index (χ0) is 13.2. The summed E-state index contributed by atoms with van der Waals surface area (Å²) < 4.78 is 4.74. The maximum atomic E-state index is 11.4. The molecule has 0 bridgehead atoms. The summed E-state index contributed by atoms with van der Waals surface area (Å²) >= 11 is 0. The number of nitrogens with one attached hydrogen (secondary N) is 1. The number of rotatable bonds is 5. The van der Waals surface area contributed by atoms with E-state index in [1.165, 1.54) is 52.3 Å². The van der Waals surface area contributed by atoms with Crippen molar-refractivity contribution in [2.75, 3.05) is 26.7 Å². The molecule has 3 rings (SSSR count). The van der Waals surface area contributed by atoms with Crippen LogP contribution >= 0.6 is 0 Å². The van der Waals surface area contributed by atoms with Gasteiger partial charge in [-0.05, 0) is 43.4 Å². The SMILES string of the molecule is COC(=O)NC1CC(CC2CC2)CN(CC2CC2)C1. The molecule has 19 heavy (non-hydrogen) atoms. The molecule has 1 saturated heterocycles. The molecule has 4 heteroatoms. The number of carbonyl (C=O) groups excluding carboxylic acids is 1. The average molecular weight is 266 g/mol. The van der Waals surface area contributed by atoms with Crippen molar-refractivity contribution in [3.8, 4) is 0 Å². The van der Waals surface area contributed by atoms with Gasteiger partial charge in [-0.1, -0.05) is 12.8 Å². The minimum Gasteiger partial charge on any atom is -0.453 e. The first kappa shape index (κ1) is 13.2. The van der Waals surface area contributed by atoms with Crippen LogP contribution in [0.15, 0.2) is 0 Å². The van der Waals surface area contributed by atoms with Gasteiger partial charge in [0, 0.05) is 25.7 Å². The highest BCUT2D eigenvalue weighted by atomic mass is 16.5. The van der Waals surface area contributed by atoms with Crippen molar-refractivity contribution >= 4 is 6.09 Å². The van der Waals surface area contributed by atoms with Crippen LogP contribution < -0.4 is 5.32 Å². The largest absolute Gasteiger partial charge is 0.453 e. The topological polar surface area (TPSA) is 41.6 Å². The van der Waals surface area contributed by atoms with E-state index < -0.39 is 0 Å². The number of ether oxygens (including phenoxy) is 1. The van der Waals surface area contributed by atoms with Crippen LogP contribution in [-0.4, -0.2) is 43.8 Å². The van der Waals surface area contributed by atoms with Gasteiger partial charge in [-0.25, -0.2) is 4.79 Å². The Balaban J connectivity index is 1.53. The molecule has 2 aliphatic carbocycles. The van der Waals surface area contributed by atoms with E-state index in [1.54, 1.807) is 0 Å². The summed E-state index contributed by atoms with van der Waals surface area (Å²) in [7, 11) is 1.45. The molecule has 0 radical (unpaired) electrons. The van der Waals surface area contributed by atoms with E-state index in [4.69, 9.17) is 4.74 Å². The Morgan fingerprint density at radius 2 is 1.89 bits per heavy atom. The smallest absolute Gasteiger partial charge is 0.407 e. The molecule has 2 unspecified atom stereocenters. The van der Waals surface area contributed by atoms with Gasteiger partial charge in [0.25, 0.3) is 0 Å². The summed E-state index contributed by atoms with van der Waals surface area (Å²) in [6.07, 6.45) is 7.87. The lowest BCUT2D eigenvalue weighted by atomic mass is 9.89. The minimum atomic E-state index is -0.275. The van der Waals surface area contributed by atoms with E-state index >= 15 is 0 Å². The van der Waals surface area contributed by atoms with Crippen molar-refractivity contribution in [3.05, 3.63) is 0 Å². The summed E-state index contributed by atoms with van der Waals surface area (Å²) in [6.45, 7) is 3.49. The first-order valence-electron chi connectivity index (χ1n) is 7.79. The van der Waals surface area contributed by atoms with Crippen LogP contribution in [0.25, 0.3) is 0 Å². The van der Waals surface area contributed by atoms with Gasteiger partial charge in [0.1, 0.15) is 0 Å². The number of alkyl carbamates (subject to hydrolysis) is 1. The van der Waals surface area contributed by atoms with Crippen molar-refractivity contribution < 1.29 is 9.53 Å². The lowest BCUT2D eigenvalue weighted by molar-refractivity contribution is 0.116. The Hall–Kier alpha value is -0.770. The Morgan fingerprint density at radius 1 is 1.16 bits per heavy atom. The molecule has 2 saturated carbocycles. The number of likely N-dealkylation sites (tertiary alicyclic amines) is 1. The molecule has 1 heterocycles. The first-order chi connectivity index (χ1) is 9.22. The fourth-order valence-corrected chi connectivity index (χ4v) is 3.44. The summed E-state index contributed by atoms with van der Waals surface area (Å²) in [5.41, 5.74) is 0. The van der Waals surface area contributed by atoms with Crippen molar-refractivity contribution in [1.82, 2.24) is 10.2 Å². The second kappa shape index (κ2) is 5.70. The van der Waals surface area contributed by atoms with E-state index in [9.17, 15) is 4.79 Å². The monoisotopic (exact) mass is 266 g/mol. The van der Waals surface area contributed by atoms with Gasteiger partial charge in [-0.3, -0.25) is 0 Å². The third-order valence-corrected chi connectivity index (χ3v) is 4.70. The van der Waals surface area contributed by atoms with Crippen LogP contribution in [0.5, 0.6) is 0 Å². The molecular weight excluding hydrogens is 240 g/mol. The molecule has 0 aromatic rings. The molecule has 0 aromatic heterocycles. The van der Waals surface area contributed by atoms with Crippen LogP contribution in [0.2, 0.25) is 0 Å². The van der Waals surface area contributed by atoms with Crippen LogP contribution in [0.1, 0.15) is 38.5 Å². The van der Waals surface area contributed by atoms with Crippen molar-refractivity contribution in [2.24, 2.45) is 17.8 Å². The Kier molecular flexibility index (Phi) is 3.96. The summed E-state index contributed by atoms with van der Waals surface area (Å²) in [6, 6.07) is 0.281. The van der Waals surface area contributed by atoms with Crippen LogP contribution in [0.3, 0.4) is 0 Å². The van der Waals surface area contributed by atoms with Gasteiger partial charge in [-0.2, -0.15) is 0 Å². The number of methoxy groups -OCH3 is 1. The standard InChI is InChI=1S/C15H26N2O2/c1-19-15(18)16-14-7-13(6-11-2-3-11)9-17(10-14)8-12-4-5-12/h11-14H,2-10H2,1H3,(H,16,18). The van der Waals surface area contributed by atoms with Crippen molar-refractivity contribution in [2.45, 2.75) is 44.6 Å². The molecule has 108 valence electrons. The van der Waals surface area contributed by atoms with E-state index in [1.807, 2.05) is 0 Å². The number of hydrogen-bond acceptors (Lipinski definition) is 3. The van der Waals surface area contributed by atoms with Gasteiger partial charge in [-0.15, -0.1) is 0 Å². The zero-order valence-corrected chi connectivity index (χ0v) is 11.9. The summed E-state index contributed by atoms with van der Waals surface area (Å²) in [5, 5.41) is 3.01. The second-order valence-corrected chi connectivity index (χ2v) is 6.78. The predicted octanol–water partition coefficient (Wildman–Crippen LogP) is 2.24. The van der Waals surface area contributed by atoms with Gasteiger partial charge < -0.3 is 15.0 Å². The first-order valence-corrected chi connectivity index (χ1v) is 7.79. The molecule has 3 aliphatic rings. The second-order valence-electron chi connectivity index (χ2n) is 6.78. The highest BCUT2D eigenvalue weighted by Gasteiger charge is 2.34. The molecular formula is C15H26N2O2. The fourth-order valence-electron chi connectivity index (χ4n) is 3.44. The van der Waals surface area contributed by atoms with E-state index in [2.05, 4.69) is 10.2 Å². The lowest BCUT2D eigenvalue weighted by Crippen LogP contribution is -2.51. The van der Waals surface area contributed by atoms with E-state index in [-0.39, 0.29) is 12.1 Å². The van der Waals surface area contributed by atoms with E-state index in [0.29, 0.717) is 0 Å². The Morgan fingerprint density at radius 3 is 2.53 bits per heavy atom. The van der Waals surface area contributed by atoms with Crippen LogP contribution in [0.4, 0.5) is 4.79 Å². The molecule has 4 nitrogen and oxygen atoms in total. The van der Waals surface area contributed by atoms with Gasteiger partial charge in [0.05, 0.1) is 7.11 Å². The number of piperidine rings is 1. The number of amides is 1. The zero-order valence-electron chi connectivity index (χ0n) is 11.9. The van der Waals surface area contributed by atoms with E-state index in [0.717, 1.165) is 30.7 Å². The number of carbonyl (C=O) groups is 1. The molecule has 1 N–H and O–H groups in total. The predicted molar refractivity (Wildman–Crippen MR) is 73.9 cm³/mol. The third-order valence-electron chi connectivity index (χ3n) is 4.70. The minimum absolute atomic E-state index is 0.275. The molecule has 0 aromatic carbocycles. The quantitative estimate of drug-likeness (QED) is 0.830. The van der Waals surface area contributed by atoms with Crippen molar-refractivity contribution in [3.63, 3.8) is 0 Å². The number of nitrogens with zero attached hydrogens (tertiary/aromatic N) is 1. The fraction of sp³-hybridized carbons (Fsp3) is 0.933. The lowest BCUT2D eigenvalue weighted by Gasteiger charge is -2.38. The van der Waals surface area contributed by atoms with Crippen LogP contribution in [-0.2, 0) is 4.74 Å².